The maximum absolute atomic E-state index is 12.9. The Labute approximate surface area is 154 Å². The summed E-state index contributed by atoms with van der Waals surface area (Å²) in [4.78, 5) is 31.7. The highest BCUT2D eigenvalue weighted by Crippen LogP contribution is 2.35. The predicted molar refractivity (Wildman–Crippen MR) is 101 cm³/mol. The molecular formula is C19H29N3O2S. The van der Waals surface area contributed by atoms with E-state index >= 15 is 0 Å². The number of fused-ring (bicyclic) bond motifs is 1. The maximum Gasteiger partial charge on any atom is 0.226 e. The summed E-state index contributed by atoms with van der Waals surface area (Å²) in [5.74, 6) is 1.27. The van der Waals surface area contributed by atoms with Gasteiger partial charge in [0.1, 0.15) is 0 Å². The Morgan fingerprint density at radius 2 is 2.04 bits per heavy atom. The van der Waals surface area contributed by atoms with Gasteiger partial charge in [-0.1, -0.05) is 37.5 Å². The van der Waals surface area contributed by atoms with Crippen molar-refractivity contribution in [2.24, 2.45) is 11.8 Å². The van der Waals surface area contributed by atoms with Crippen LogP contribution in [0.2, 0.25) is 0 Å². The minimum Gasteiger partial charge on any atom is -0.337 e. The summed E-state index contributed by atoms with van der Waals surface area (Å²) in [5, 5.41) is 3.41. The Morgan fingerprint density at radius 1 is 1.28 bits per heavy atom. The number of unbranched alkanes of at least 4 members (excludes halogenated alkanes) is 1. The van der Waals surface area contributed by atoms with E-state index in [9.17, 15) is 9.59 Å². The number of nitrogens with one attached hydrogen (secondary N) is 1. The van der Waals surface area contributed by atoms with E-state index in [0.717, 1.165) is 42.3 Å². The molecule has 2 heterocycles. The molecule has 3 rings (SSSR count). The number of rotatable bonds is 5. The van der Waals surface area contributed by atoms with Crippen LogP contribution in [-0.2, 0) is 22.6 Å². The molecule has 0 saturated heterocycles. The third kappa shape index (κ3) is 4.60. The van der Waals surface area contributed by atoms with E-state index in [0.29, 0.717) is 17.6 Å². The van der Waals surface area contributed by atoms with Crippen LogP contribution < -0.4 is 5.32 Å². The third-order valence-corrected chi connectivity index (χ3v) is 6.49. The Kier molecular flexibility index (Phi) is 6.10. The largest absolute Gasteiger partial charge is 0.337 e. The van der Waals surface area contributed by atoms with Crippen molar-refractivity contribution in [1.29, 1.82) is 0 Å². The fourth-order valence-corrected chi connectivity index (χ4v) is 5.11. The van der Waals surface area contributed by atoms with Gasteiger partial charge in [0, 0.05) is 30.7 Å². The Hall–Kier alpha value is -1.43. The van der Waals surface area contributed by atoms with Gasteiger partial charge in [-0.25, -0.2) is 4.98 Å². The average Bonchev–Trinajstić information content (AvgIpc) is 3.00. The second kappa shape index (κ2) is 8.30. The van der Waals surface area contributed by atoms with Crippen molar-refractivity contribution in [3.8, 4) is 0 Å². The summed E-state index contributed by atoms with van der Waals surface area (Å²) in [6.45, 7) is 5.15. The summed E-state index contributed by atoms with van der Waals surface area (Å²) >= 11 is 1.50. The molecule has 2 amide bonds. The van der Waals surface area contributed by atoms with E-state index in [2.05, 4.69) is 17.2 Å². The number of amides is 2. The Morgan fingerprint density at radius 3 is 2.72 bits per heavy atom. The highest BCUT2D eigenvalue weighted by atomic mass is 32.1. The molecule has 1 saturated carbocycles. The zero-order valence-electron chi connectivity index (χ0n) is 15.3. The van der Waals surface area contributed by atoms with Crippen LogP contribution in [0.3, 0.4) is 0 Å². The number of carbonyl (C=O) groups excluding carboxylic acids is 2. The second-order valence-electron chi connectivity index (χ2n) is 7.44. The molecule has 0 bridgehead atoms. The standard InChI is InChI=1S/C19H29N3O2S/c1-3-4-5-14-6-8-15(9-7-14)18(24)22-11-10-16-17(12-22)25-19(21-16)20-13(2)23/h14-15H,3-12H2,1-2H3,(H,20,21,23). The summed E-state index contributed by atoms with van der Waals surface area (Å²) in [6.07, 6.45) is 9.24. The molecule has 1 aromatic rings. The lowest BCUT2D eigenvalue weighted by atomic mass is 9.79. The van der Waals surface area contributed by atoms with Gasteiger partial charge in [-0.2, -0.15) is 0 Å². The van der Waals surface area contributed by atoms with Crippen molar-refractivity contribution >= 4 is 28.3 Å². The smallest absolute Gasteiger partial charge is 0.226 e. The lowest BCUT2D eigenvalue weighted by molar-refractivity contribution is -0.137. The molecular weight excluding hydrogens is 334 g/mol. The zero-order chi connectivity index (χ0) is 17.8. The van der Waals surface area contributed by atoms with Crippen molar-refractivity contribution in [2.45, 2.75) is 71.8 Å². The number of nitrogens with zero attached hydrogens (tertiary/aromatic N) is 2. The van der Waals surface area contributed by atoms with Crippen molar-refractivity contribution in [1.82, 2.24) is 9.88 Å². The van der Waals surface area contributed by atoms with Crippen LogP contribution in [0.25, 0.3) is 0 Å². The van der Waals surface area contributed by atoms with Crippen LogP contribution in [0.1, 0.15) is 69.4 Å². The normalized spacial score (nSPS) is 23.2. The first-order valence-electron chi connectivity index (χ1n) is 9.61. The highest BCUT2D eigenvalue weighted by Gasteiger charge is 2.31. The van der Waals surface area contributed by atoms with Crippen LogP contribution in [0, 0.1) is 11.8 Å². The number of hydrogen-bond donors (Lipinski definition) is 1. The Bertz CT molecular complexity index is 620. The molecule has 25 heavy (non-hydrogen) atoms. The topological polar surface area (TPSA) is 62.3 Å². The molecule has 138 valence electrons. The van der Waals surface area contributed by atoms with Gasteiger partial charge < -0.3 is 10.2 Å². The lowest BCUT2D eigenvalue weighted by Gasteiger charge is -2.33. The summed E-state index contributed by atoms with van der Waals surface area (Å²) in [6, 6.07) is 0. The van der Waals surface area contributed by atoms with Gasteiger partial charge >= 0.3 is 0 Å². The van der Waals surface area contributed by atoms with E-state index in [4.69, 9.17) is 0 Å². The van der Waals surface area contributed by atoms with E-state index < -0.39 is 0 Å². The van der Waals surface area contributed by atoms with E-state index in [1.165, 1.54) is 50.4 Å². The first kappa shape index (κ1) is 18.4. The van der Waals surface area contributed by atoms with Crippen molar-refractivity contribution in [2.75, 3.05) is 11.9 Å². The minimum atomic E-state index is -0.0983. The van der Waals surface area contributed by atoms with Crippen LogP contribution in [0.15, 0.2) is 0 Å². The van der Waals surface area contributed by atoms with Crippen molar-refractivity contribution in [3.63, 3.8) is 0 Å². The summed E-state index contributed by atoms with van der Waals surface area (Å²) in [5.41, 5.74) is 1.04. The first-order chi connectivity index (χ1) is 12.1. The number of anilines is 1. The minimum absolute atomic E-state index is 0.0983. The molecule has 1 fully saturated rings. The van der Waals surface area contributed by atoms with E-state index in [1.807, 2.05) is 4.90 Å². The van der Waals surface area contributed by atoms with Gasteiger partial charge in [-0.15, -0.1) is 0 Å². The average molecular weight is 364 g/mol. The van der Waals surface area contributed by atoms with Crippen molar-refractivity contribution < 1.29 is 9.59 Å². The van der Waals surface area contributed by atoms with Gasteiger partial charge in [-0.05, 0) is 31.6 Å². The molecule has 0 spiro atoms. The van der Waals surface area contributed by atoms with E-state index in [1.54, 1.807) is 0 Å². The van der Waals surface area contributed by atoms with Crippen LogP contribution >= 0.6 is 11.3 Å². The van der Waals surface area contributed by atoms with Gasteiger partial charge in [-0.3, -0.25) is 9.59 Å². The SMILES string of the molecule is CCCCC1CCC(C(=O)N2CCc3nc(NC(C)=O)sc3C2)CC1. The quantitative estimate of drug-likeness (QED) is 0.860. The fraction of sp³-hybridized carbons (Fsp3) is 0.737. The van der Waals surface area contributed by atoms with Gasteiger partial charge in [0.2, 0.25) is 11.8 Å². The monoisotopic (exact) mass is 363 g/mol. The first-order valence-corrected chi connectivity index (χ1v) is 10.4. The lowest BCUT2D eigenvalue weighted by Crippen LogP contribution is -2.40. The molecule has 6 heteroatoms. The molecule has 1 aliphatic carbocycles. The summed E-state index contributed by atoms with van der Waals surface area (Å²) in [7, 11) is 0. The Balaban J connectivity index is 1.54. The van der Waals surface area contributed by atoms with Gasteiger partial charge in [0.15, 0.2) is 5.13 Å². The van der Waals surface area contributed by atoms with Gasteiger partial charge in [0.25, 0.3) is 0 Å². The number of thiazole rings is 1. The third-order valence-electron chi connectivity index (χ3n) is 5.49. The van der Waals surface area contributed by atoms with Gasteiger partial charge in [0.05, 0.1) is 12.2 Å². The number of hydrogen-bond acceptors (Lipinski definition) is 4. The predicted octanol–water partition coefficient (Wildman–Crippen LogP) is 3.98. The molecule has 0 atom stereocenters. The van der Waals surface area contributed by atoms with Crippen LogP contribution in [-0.4, -0.2) is 28.2 Å². The molecule has 1 aromatic heterocycles. The molecule has 5 nitrogen and oxygen atoms in total. The highest BCUT2D eigenvalue weighted by molar-refractivity contribution is 7.15. The fourth-order valence-electron chi connectivity index (χ4n) is 4.04. The van der Waals surface area contributed by atoms with Crippen LogP contribution in [0.4, 0.5) is 5.13 Å². The molecule has 2 aliphatic rings. The number of aromatic nitrogens is 1. The van der Waals surface area contributed by atoms with Crippen molar-refractivity contribution in [3.05, 3.63) is 10.6 Å². The molecule has 0 radical (unpaired) electrons. The maximum atomic E-state index is 12.9. The zero-order valence-corrected chi connectivity index (χ0v) is 16.2. The molecule has 0 aromatic carbocycles. The molecule has 0 unspecified atom stereocenters. The second-order valence-corrected chi connectivity index (χ2v) is 8.52. The molecule has 1 N–H and O–H groups in total. The van der Waals surface area contributed by atoms with Crippen LogP contribution in [0.5, 0.6) is 0 Å². The molecule has 1 aliphatic heterocycles. The van der Waals surface area contributed by atoms with E-state index in [-0.39, 0.29) is 11.8 Å². The summed E-state index contributed by atoms with van der Waals surface area (Å²) < 4.78 is 0. The number of carbonyl (C=O) groups is 2.